The zero-order chi connectivity index (χ0) is 18.0. The molecule has 1 aliphatic carbocycles. The maximum atomic E-state index is 12.6. The summed E-state index contributed by atoms with van der Waals surface area (Å²) >= 11 is 0. The van der Waals surface area contributed by atoms with Crippen molar-refractivity contribution in [1.82, 2.24) is 10.5 Å². The number of carbonyl (C=O) groups excluding carboxylic acids is 1. The topological polar surface area (TPSA) is 92.4 Å². The Bertz CT molecular complexity index is 796. The van der Waals surface area contributed by atoms with Crippen molar-refractivity contribution in [3.05, 3.63) is 52.9 Å². The highest BCUT2D eigenvalue weighted by molar-refractivity contribution is 5.96. The van der Waals surface area contributed by atoms with Gasteiger partial charge in [0.15, 0.2) is 5.54 Å². The van der Waals surface area contributed by atoms with Crippen molar-refractivity contribution < 1.29 is 19.2 Å². The number of nitrogens with one attached hydrogen (secondary N) is 1. The van der Waals surface area contributed by atoms with Gasteiger partial charge in [0.2, 0.25) is 5.76 Å². The smallest absolute Gasteiger partial charge is 0.334 e. The van der Waals surface area contributed by atoms with E-state index in [1.807, 2.05) is 26.0 Å². The molecule has 1 aromatic heterocycles. The van der Waals surface area contributed by atoms with Gasteiger partial charge < -0.3 is 14.9 Å². The van der Waals surface area contributed by atoms with Gasteiger partial charge in [-0.1, -0.05) is 43.3 Å². The van der Waals surface area contributed by atoms with Crippen LogP contribution in [0.4, 0.5) is 0 Å². The van der Waals surface area contributed by atoms with E-state index in [0.29, 0.717) is 36.4 Å². The van der Waals surface area contributed by atoms with Crippen molar-refractivity contribution in [1.29, 1.82) is 0 Å². The Morgan fingerprint density at radius 2 is 2.12 bits per heavy atom. The highest BCUT2D eigenvalue weighted by atomic mass is 16.5. The fraction of sp³-hybridized carbons (Fsp3) is 0.421. The number of fused-ring (bicyclic) bond motifs is 1. The molecule has 1 amide bonds. The van der Waals surface area contributed by atoms with Crippen molar-refractivity contribution in [3.8, 4) is 0 Å². The Morgan fingerprint density at radius 3 is 2.84 bits per heavy atom. The van der Waals surface area contributed by atoms with Crippen LogP contribution in [0.15, 0.2) is 34.9 Å². The lowest BCUT2D eigenvalue weighted by atomic mass is 9.76. The Morgan fingerprint density at radius 1 is 1.36 bits per heavy atom. The fourth-order valence-electron chi connectivity index (χ4n) is 3.43. The van der Waals surface area contributed by atoms with E-state index >= 15 is 0 Å². The number of aliphatic carboxylic acids is 1. The lowest BCUT2D eigenvalue weighted by Gasteiger charge is -2.35. The van der Waals surface area contributed by atoms with Gasteiger partial charge in [0.1, 0.15) is 0 Å². The van der Waals surface area contributed by atoms with E-state index in [1.54, 1.807) is 18.2 Å². The van der Waals surface area contributed by atoms with E-state index < -0.39 is 17.4 Å². The number of nitrogens with zero attached hydrogens (tertiary/aromatic N) is 1. The molecule has 1 aromatic carbocycles. The molecule has 1 atom stereocenters. The van der Waals surface area contributed by atoms with Gasteiger partial charge in [-0.25, -0.2) is 4.79 Å². The summed E-state index contributed by atoms with van der Waals surface area (Å²) in [5.74, 6) is -1.19. The van der Waals surface area contributed by atoms with E-state index in [4.69, 9.17) is 4.52 Å². The molecule has 0 unspecified atom stereocenters. The molecule has 0 aliphatic heterocycles. The average Bonchev–Trinajstić information content (AvgIpc) is 3.03. The monoisotopic (exact) mass is 342 g/mol. The number of benzene rings is 1. The summed E-state index contributed by atoms with van der Waals surface area (Å²) in [4.78, 5) is 24.7. The van der Waals surface area contributed by atoms with Crippen LogP contribution in [0.1, 0.15) is 54.1 Å². The lowest BCUT2D eigenvalue weighted by Crippen LogP contribution is -2.53. The SMILES string of the molecule is CC(C)Cc1cc(C(=O)N[C@@]2(C(=O)O)CCCc3ccccc32)on1. The standard InChI is InChI=1S/C19H22N2O4/c1-12(2)10-14-11-16(25-21-14)17(22)20-19(18(23)24)9-5-7-13-6-3-4-8-15(13)19/h3-4,6,8,11-12H,5,7,9-10H2,1-2H3,(H,20,22)(H,23,24)/t19-/m0/s1. The highest BCUT2D eigenvalue weighted by Crippen LogP contribution is 2.36. The largest absolute Gasteiger partial charge is 0.479 e. The zero-order valence-electron chi connectivity index (χ0n) is 14.4. The van der Waals surface area contributed by atoms with E-state index in [9.17, 15) is 14.7 Å². The average molecular weight is 342 g/mol. The molecular weight excluding hydrogens is 320 g/mol. The van der Waals surface area contributed by atoms with Crippen LogP contribution in [0.2, 0.25) is 0 Å². The van der Waals surface area contributed by atoms with Crippen LogP contribution in [-0.2, 0) is 23.2 Å². The van der Waals surface area contributed by atoms with Crippen molar-refractivity contribution in [2.75, 3.05) is 0 Å². The molecule has 0 radical (unpaired) electrons. The number of hydrogen-bond acceptors (Lipinski definition) is 4. The predicted molar refractivity (Wildman–Crippen MR) is 91.2 cm³/mol. The first-order chi connectivity index (χ1) is 11.9. The molecule has 1 heterocycles. The van der Waals surface area contributed by atoms with Crippen LogP contribution in [-0.4, -0.2) is 22.1 Å². The fourth-order valence-corrected chi connectivity index (χ4v) is 3.43. The number of carboxylic acids is 1. The molecule has 0 saturated heterocycles. The molecule has 0 bridgehead atoms. The highest BCUT2D eigenvalue weighted by Gasteiger charge is 2.45. The number of carboxylic acid groups (broad SMARTS) is 1. The Labute approximate surface area is 146 Å². The quantitative estimate of drug-likeness (QED) is 0.871. The van der Waals surface area contributed by atoms with Gasteiger partial charge in [0.05, 0.1) is 5.69 Å². The van der Waals surface area contributed by atoms with Crippen molar-refractivity contribution in [2.45, 2.75) is 45.1 Å². The van der Waals surface area contributed by atoms with Crippen molar-refractivity contribution in [3.63, 3.8) is 0 Å². The number of carbonyl (C=O) groups is 2. The number of aryl methyl sites for hydroxylation is 1. The minimum Gasteiger partial charge on any atom is -0.479 e. The molecule has 2 aromatic rings. The number of hydrogen-bond donors (Lipinski definition) is 2. The first-order valence-electron chi connectivity index (χ1n) is 8.52. The van der Waals surface area contributed by atoms with E-state index in [-0.39, 0.29) is 5.76 Å². The maximum absolute atomic E-state index is 12.6. The Kier molecular flexibility index (Phi) is 4.61. The lowest BCUT2D eigenvalue weighted by molar-refractivity contribution is -0.145. The molecule has 25 heavy (non-hydrogen) atoms. The minimum absolute atomic E-state index is 0.0410. The molecule has 0 saturated carbocycles. The third-order valence-electron chi connectivity index (χ3n) is 4.57. The van der Waals surface area contributed by atoms with E-state index in [0.717, 1.165) is 12.0 Å². The van der Waals surface area contributed by atoms with E-state index in [2.05, 4.69) is 10.5 Å². The van der Waals surface area contributed by atoms with Crippen LogP contribution < -0.4 is 5.32 Å². The number of amides is 1. The molecule has 0 fully saturated rings. The summed E-state index contributed by atoms with van der Waals surface area (Å²) in [6, 6.07) is 8.94. The van der Waals surface area contributed by atoms with Gasteiger partial charge in [-0.05, 0) is 42.7 Å². The molecule has 132 valence electrons. The van der Waals surface area contributed by atoms with Gasteiger partial charge in [0.25, 0.3) is 5.91 Å². The summed E-state index contributed by atoms with van der Waals surface area (Å²) in [6.45, 7) is 4.10. The Hall–Kier alpha value is -2.63. The number of aromatic nitrogens is 1. The summed E-state index contributed by atoms with van der Waals surface area (Å²) in [5.41, 5.74) is 0.851. The molecule has 6 nitrogen and oxygen atoms in total. The number of rotatable bonds is 5. The zero-order valence-corrected chi connectivity index (χ0v) is 14.4. The summed E-state index contributed by atoms with van der Waals surface area (Å²) < 4.78 is 5.13. The van der Waals surface area contributed by atoms with Crippen molar-refractivity contribution in [2.24, 2.45) is 5.92 Å². The third kappa shape index (κ3) is 3.29. The predicted octanol–water partition coefficient (Wildman–Crippen LogP) is 2.92. The first kappa shape index (κ1) is 17.2. The summed E-state index contributed by atoms with van der Waals surface area (Å²) in [5, 5.41) is 16.5. The van der Waals surface area contributed by atoms with Gasteiger partial charge >= 0.3 is 5.97 Å². The normalized spacial score (nSPS) is 19.5. The van der Waals surface area contributed by atoms with E-state index in [1.165, 1.54) is 0 Å². The molecule has 6 heteroatoms. The van der Waals surface area contributed by atoms with Crippen LogP contribution in [0.25, 0.3) is 0 Å². The molecule has 3 rings (SSSR count). The van der Waals surface area contributed by atoms with Crippen LogP contribution >= 0.6 is 0 Å². The van der Waals surface area contributed by atoms with Gasteiger partial charge in [-0.2, -0.15) is 0 Å². The first-order valence-corrected chi connectivity index (χ1v) is 8.52. The molecule has 2 N–H and O–H groups in total. The van der Waals surface area contributed by atoms with Crippen molar-refractivity contribution >= 4 is 11.9 Å². The molecule has 0 spiro atoms. The second-order valence-corrected chi connectivity index (χ2v) is 6.96. The van der Waals surface area contributed by atoms with Crippen LogP contribution in [0, 0.1) is 5.92 Å². The minimum atomic E-state index is -1.43. The summed E-state index contributed by atoms with van der Waals surface area (Å²) in [7, 11) is 0. The second-order valence-electron chi connectivity index (χ2n) is 6.96. The van der Waals surface area contributed by atoms with Crippen LogP contribution in [0.5, 0.6) is 0 Å². The van der Waals surface area contributed by atoms with Gasteiger partial charge in [-0.3, -0.25) is 4.79 Å². The maximum Gasteiger partial charge on any atom is 0.334 e. The summed E-state index contributed by atoms with van der Waals surface area (Å²) in [6.07, 6.45) is 2.54. The van der Waals surface area contributed by atoms with Crippen LogP contribution in [0.3, 0.4) is 0 Å². The molecule has 1 aliphatic rings. The van der Waals surface area contributed by atoms with Gasteiger partial charge in [0, 0.05) is 6.07 Å². The second kappa shape index (κ2) is 6.70. The molecular formula is C19H22N2O4. The third-order valence-corrected chi connectivity index (χ3v) is 4.57. The Balaban J connectivity index is 1.90. The van der Waals surface area contributed by atoms with Gasteiger partial charge in [-0.15, -0.1) is 0 Å².